The van der Waals surface area contributed by atoms with Crippen LogP contribution in [0.5, 0.6) is 0 Å². The number of sulfonamides is 1. The molecule has 0 amide bonds. The zero-order valence-electron chi connectivity index (χ0n) is 22.5. The van der Waals surface area contributed by atoms with Gasteiger partial charge >= 0.3 is 0 Å². The lowest BCUT2D eigenvalue weighted by molar-refractivity contribution is 0.0612. The maximum atomic E-state index is 14.0. The van der Waals surface area contributed by atoms with Crippen molar-refractivity contribution in [3.8, 4) is 0 Å². The molecule has 0 bridgehead atoms. The zero-order valence-corrected chi connectivity index (χ0v) is 23.3. The van der Waals surface area contributed by atoms with Crippen molar-refractivity contribution in [2.24, 2.45) is 0 Å². The number of aliphatic hydroxyl groups is 1. The molecule has 210 valence electrons. The van der Waals surface area contributed by atoms with Crippen LogP contribution in [0.15, 0.2) is 36.7 Å². The number of piperidine rings is 1. The van der Waals surface area contributed by atoms with Gasteiger partial charge in [0, 0.05) is 43.1 Å². The van der Waals surface area contributed by atoms with Crippen LogP contribution in [0.25, 0.3) is 10.8 Å². The summed E-state index contributed by atoms with van der Waals surface area (Å²) in [6.07, 6.45) is 2.11. The number of nitrogens with zero attached hydrogens (tertiary/aromatic N) is 5. The highest BCUT2D eigenvalue weighted by Crippen LogP contribution is 2.36. The highest BCUT2D eigenvalue weighted by molar-refractivity contribution is 7.89. The number of benzene rings is 1. The molecule has 2 atom stereocenters. The minimum Gasteiger partial charge on any atom is -0.390 e. The van der Waals surface area contributed by atoms with Crippen LogP contribution in [-0.4, -0.2) is 78.7 Å². The Kier molecular flexibility index (Phi) is 7.88. The van der Waals surface area contributed by atoms with Gasteiger partial charge in [0.2, 0.25) is 16.0 Å². The molecule has 2 unspecified atom stereocenters. The van der Waals surface area contributed by atoms with E-state index in [1.54, 1.807) is 17.2 Å². The summed E-state index contributed by atoms with van der Waals surface area (Å²) < 4.78 is 41.1. The van der Waals surface area contributed by atoms with Crippen molar-refractivity contribution in [3.05, 3.63) is 42.2 Å². The van der Waals surface area contributed by atoms with Gasteiger partial charge in [0.25, 0.3) is 0 Å². The normalized spacial score (nSPS) is 20.5. The van der Waals surface area contributed by atoms with Crippen molar-refractivity contribution in [3.63, 3.8) is 0 Å². The fourth-order valence-electron chi connectivity index (χ4n) is 5.20. The SMILES string of the molecule is CCCS(=O)(=O)NC1CN(c2ccc(C(C)C)c3cc(Nc4ccnc(N5CCC(O)C(F)C5)n4)ncc23)C1. The summed E-state index contributed by atoms with van der Waals surface area (Å²) in [6, 6.07) is 7.86. The van der Waals surface area contributed by atoms with Crippen LogP contribution in [-0.2, 0) is 10.0 Å². The first-order chi connectivity index (χ1) is 18.6. The maximum absolute atomic E-state index is 14.0. The van der Waals surface area contributed by atoms with Crippen LogP contribution in [0.4, 0.5) is 27.7 Å². The maximum Gasteiger partial charge on any atom is 0.227 e. The molecule has 0 saturated carbocycles. The lowest BCUT2D eigenvalue weighted by atomic mass is 9.94. The molecule has 2 saturated heterocycles. The van der Waals surface area contributed by atoms with Gasteiger partial charge in [-0.3, -0.25) is 0 Å². The summed E-state index contributed by atoms with van der Waals surface area (Å²) in [5, 5.41) is 15.0. The van der Waals surface area contributed by atoms with Gasteiger partial charge in [-0.15, -0.1) is 0 Å². The number of alkyl halides is 1. The van der Waals surface area contributed by atoms with Crippen molar-refractivity contribution in [2.45, 2.75) is 57.8 Å². The Bertz CT molecular complexity index is 1430. The molecule has 10 nitrogen and oxygen atoms in total. The molecule has 0 spiro atoms. The van der Waals surface area contributed by atoms with Gasteiger partial charge in [0.1, 0.15) is 17.8 Å². The van der Waals surface area contributed by atoms with Crippen molar-refractivity contribution in [1.82, 2.24) is 19.7 Å². The zero-order chi connectivity index (χ0) is 27.7. The van der Waals surface area contributed by atoms with Crippen LogP contribution < -0.4 is 19.8 Å². The molecule has 1 aromatic carbocycles. The fraction of sp³-hybridized carbons (Fsp3) is 0.519. The predicted octanol–water partition coefficient (Wildman–Crippen LogP) is 3.32. The molecule has 0 aliphatic carbocycles. The molecule has 2 fully saturated rings. The van der Waals surface area contributed by atoms with E-state index in [2.05, 4.69) is 55.9 Å². The Morgan fingerprint density at radius 2 is 1.90 bits per heavy atom. The summed E-state index contributed by atoms with van der Waals surface area (Å²) in [6.45, 7) is 7.90. The van der Waals surface area contributed by atoms with E-state index in [1.807, 2.05) is 19.2 Å². The number of pyridine rings is 1. The average molecular weight is 558 g/mol. The highest BCUT2D eigenvalue weighted by atomic mass is 32.2. The largest absolute Gasteiger partial charge is 0.390 e. The first-order valence-electron chi connectivity index (χ1n) is 13.5. The third kappa shape index (κ3) is 6.07. The first-order valence-corrected chi connectivity index (χ1v) is 15.1. The van der Waals surface area contributed by atoms with Crippen molar-refractivity contribution in [2.75, 3.05) is 47.0 Å². The molecule has 0 radical (unpaired) electrons. The third-order valence-electron chi connectivity index (χ3n) is 7.26. The second-order valence-corrected chi connectivity index (χ2v) is 12.5. The molecular formula is C27H36FN7O3S. The predicted molar refractivity (Wildman–Crippen MR) is 152 cm³/mol. The van der Waals surface area contributed by atoms with Crippen molar-refractivity contribution >= 4 is 44.1 Å². The van der Waals surface area contributed by atoms with Crippen molar-refractivity contribution in [1.29, 1.82) is 0 Å². The number of rotatable bonds is 9. The molecule has 5 rings (SSSR count). The minimum absolute atomic E-state index is 0.0524. The number of halogens is 1. The number of hydrogen-bond donors (Lipinski definition) is 3. The van der Waals surface area contributed by atoms with E-state index in [0.29, 0.717) is 50.1 Å². The molecular weight excluding hydrogens is 521 g/mol. The molecule has 4 heterocycles. The Morgan fingerprint density at radius 3 is 2.62 bits per heavy atom. The summed E-state index contributed by atoms with van der Waals surface area (Å²) in [5.74, 6) is 2.00. The van der Waals surface area contributed by atoms with Gasteiger partial charge < -0.3 is 20.2 Å². The summed E-state index contributed by atoms with van der Waals surface area (Å²) >= 11 is 0. The summed E-state index contributed by atoms with van der Waals surface area (Å²) in [4.78, 5) is 17.4. The van der Waals surface area contributed by atoms with Crippen LogP contribution in [0.2, 0.25) is 0 Å². The van der Waals surface area contributed by atoms with Gasteiger partial charge in [-0.2, -0.15) is 4.98 Å². The number of nitrogens with one attached hydrogen (secondary N) is 2. The average Bonchev–Trinajstić information content (AvgIpc) is 2.87. The van der Waals surface area contributed by atoms with Gasteiger partial charge in [-0.25, -0.2) is 27.5 Å². The Morgan fingerprint density at radius 1 is 1.10 bits per heavy atom. The number of aliphatic hydroxyl groups excluding tert-OH is 1. The molecule has 2 aliphatic heterocycles. The molecule has 39 heavy (non-hydrogen) atoms. The Hall–Kier alpha value is -3.09. The summed E-state index contributed by atoms with van der Waals surface area (Å²) in [5.41, 5.74) is 2.21. The molecule has 2 aromatic heterocycles. The van der Waals surface area contributed by atoms with Crippen LogP contribution in [0.1, 0.15) is 45.1 Å². The minimum atomic E-state index is -3.25. The third-order valence-corrected chi connectivity index (χ3v) is 8.90. The van der Waals surface area contributed by atoms with Gasteiger partial charge in [-0.1, -0.05) is 26.8 Å². The second kappa shape index (κ2) is 11.2. The fourth-order valence-corrected chi connectivity index (χ4v) is 6.51. The highest BCUT2D eigenvalue weighted by Gasteiger charge is 2.32. The topological polar surface area (TPSA) is 124 Å². The van der Waals surface area contributed by atoms with Crippen molar-refractivity contribution < 1.29 is 17.9 Å². The molecule has 3 aromatic rings. The monoisotopic (exact) mass is 557 g/mol. The van der Waals surface area contributed by atoms with Crippen LogP contribution in [0.3, 0.4) is 0 Å². The Labute approximate surface area is 228 Å². The van der Waals surface area contributed by atoms with E-state index in [9.17, 15) is 17.9 Å². The van der Waals surface area contributed by atoms with Gasteiger partial charge in [0.15, 0.2) is 0 Å². The van der Waals surface area contributed by atoms with Crippen LogP contribution >= 0.6 is 0 Å². The molecule has 3 N–H and O–H groups in total. The smallest absolute Gasteiger partial charge is 0.227 e. The lowest BCUT2D eigenvalue weighted by Crippen LogP contribution is -2.59. The van der Waals surface area contributed by atoms with E-state index in [-0.39, 0.29) is 24.3 Å². The quantitative estimate of drug-likeness (QED) is 0.364. The van der Waals surface area contributed by atoms with E-state index in [4.69, 9.17) is 0 Å². The van der Waals surface area contributed by atoms with E-state index >= 15 is 0 Å². The number of hydrogen-bond acceptors (Lipinski definition) is 9. The van der Waals surface area contributed by atoms with Gasteiger partial charge in [0.05, 0.1) is 24.4 Å². The number of anilines is 4. The Balaban J connectivity index is 1.36. The van der Waals surface area contributed by atoms with E-state index in [0.717, 1.165) is 16.5 Å². The molecule has 12 heteroatoms. The van der Waals surface area contributed by atoms with E-state index in [1.165, 1.54) is 5.56 Å². The number of fused-ring (bicyclic) bond motifs is 1. The number of aromatic nitrogens is 3. The van der Waals surface area contributed by atoms with Crippen LogP contribution in [0, 0.1) is 0 Å². The molecule has 2 aliphatic rings. The van der Waals surface area contributed by atoms with Gasteiger partial charge in [-0.05, 0) is 47.9 Å². The lowest BCUT2D eigenvalue weighted by Gasteiger charge is -2.41. The second-order valence-electron chi connectivity index (χ2n) is 10.7. The van der Waals surface area contributed by atoms with E-state index < -0.39 is 22.3 Å². The standard InChI is InChI=1S/C27H36FN7O3S/c1-4-11-39(37,38)33-18-14-35(15-18)23-6-5-19(17(2)3)20-12-26(30-13-21(20)23)31-25-7-9-29-27(32-25)34-10-8-24(36)22(28)16-34/h5-7,9,12-13,17-18,22,24,33,36H,4,8,10-11,14-16H2,1-3H3,(H,29,30,31,32). The first kappa shape index (κ1) is 27.5. The summed E-state index contributed by atoms with van der Waals surface area (Å²) in [7, 11) is -3.25.